The molecular weight excluding hydrogens is 553 g/mol. The van der Waals surface area contributed by atoms with Crippen LogP contribution in [0.15, 0.2) is 88.7 Å². The summed E-state index contributed by atoms with van der Waals surface area (Å²) in [6.45, 7) is -0.247. The number of aromatic nitrogens is 1. The average molecular weight is 576 g/mol. The van der Waals surface area contributed by atoms with E-state index in [0.717, 1.165) is 33.6 Å². The third-order valence-corrected chi connectivity index (χ3v) is 9.57. The summed E-state index contributed by atoms with van der Waals surface area (Å²) in [5.74, 6) is -2.52. The summed E-state index contributed by atoms with van der Waals surface area (Å²) >= 11 is 2.10. The Morgan fingerprint density at radius 1 is 0.950 bits per heavy atom. The van der Waals surface area contributed by atoms with Gasteiger partial charge in [-0.15, -0.1) is 0 Å². The number of hydrogen-bond donors (Lipinski definition) is 1. The average Bonchev–Trinajstić information content (AvgIpc) is 3.40. The Balaban J connectivity index is 1.42. The van der Waals surface area contributed by atoms with Crippen LogP contribution in [-0.4, -0.2) is 34.6 Å². The largest absolute Gasteiger partial charge is 0.497 e. The molecule has 6 rings (SSSR count). The van der Waals surface area contributed by atoms with Crippen LogP contribution in [0.1, 0.15) is 16.4 Å². The van der Waals surface area contributed by atoms with Crippen molar-refractivity contribution < 1.29 is 23.5 Å². The van der Waals surface area contributed by atoms with E-state index in [9.17, 15) is 23.6 Å². The van der Waals surface area contributed by atoms with Gasteiger partial charge < -0.3 is 10.1 Å². The normalized spacial score (nSPS) is 19.8. The van der Waals surface area contributed by atoms with Crippen LogP contribution in [0.3, 0.4) is 0 Å². The van der Waals surface area contributed by atoms with Crippen molar-refractivity contribution in [2.45, 2.75) is 22.7 Å². The predicted octanol–water partition coefficient (Wildman–Crippen LogP) is 4.49. The van der Waals surface area contributed by atoms with E-state index in [-0.39, 0.29) is 23.0 Å². The monoisotopic (exact) mass is 575 g/mol. The van der Waals surface area contributed by atoms with Gasteiger partial charge in [0.2, 0.25) is 17.7 Å². The zero-order valence-corrected chi connectivity index (χ0v) is 22.7. The second kappa shape index (κ2) is 10.4. The van der Waals surface area contributed by atoms with Crippen molar-refractivity contribution in [1.29, 1.82) is 0 Å². The first-order valence-electron chi connectivity index (χ1n) is 12.4. The number of amides is 3. The number of methoxy groups -OCH3 is 1. The van der Waals surface area contributed by atoms with Gasteiger partial charge in [-0.2, -0.15) is 0 Å². The highest BCUT2D eigenvalue weighted by molar-refractivity contribution is 8.00. The molecule has 3 aromatic carbocycles. The van der Waals surface area contributed by atoms with E-state index in [1.807, 2.05) is 18.2 Å². The molecule has 0 unspecified atom stereocenters. The lowest BCUT2D eigenvalue weighted by Gasteiger charge is -2.30. The van der Waals surface area contributed by atoms with Gasteiger partial charge in [-0.25, -0.2) is 9.29 Å². The number of anilines is 2. The van der Waals surface area contributed by atoms with Gasteiger partial charge in [0.15, 0.2) is 0 Å². The number of carbonyl (C=O) groups excluding carboxylic acids is 3. The van der Waals surface area contributed by atoms with Gasteiger partial charge in [0.05, 0.1) is 23.7 Å². The Hall–Kier alpha value is -4.22. The minimum atomic E-state index is -0.838. The molecule has 11 heteroatoms. The molecular formula is C29H22FN3O5S2. The van der Waals surface area contributed by atoms with Gasteiger partial charge in [0.1, 0.15) is 23.4 Å². The Morgan fingerprint density at radius 2 is 1.65 bits per heavy atom. The molecule has 1 aromatic heterocycles. The van der Waals surface area contributed by atoms with Crippen LogP contribution in [0.25, 0.3) is 0 Å². The molecule has 8 nitrogen and oxygen atoms in total. The minimum Gasteiger partial charge on any atom is -0.497 e. The number of thiazole rings is 1. The van der Waals surface area contributed by atoms with Crippen molar-refractivity contribution in [3.05, 3.63) is 105 Å². The van der Waals surface area contributed by atoms with Crippen molar-refractivity contribution in [3.63, 3.8) is 0 Å². The molecule has 3 atom stereocenters. The molecule has 0 saturated carbocycles. The molecule has 0 radical (unpaired) electrons. The fraction of sp³-hybridized carbons (Fsp3) is 0.172. The number of fused-ring (bicyclic) bond motifs is 2. The molecule has 1 fully saturated rings. The number of benzene rings is 3. The Kier molecular flexibility index (Phi) is 6.77. The van der Waals surface area contributed by atoms with Crippen LogP contribution in [0.5, 0.6) is 5.75 Å². The highest BCUT2D eigenvalue weighted by Gasteiger charge is 2.56. The smallest absolute Gasteiger partial charge is 0.308 e. The van der Waals surface area contributed by atoms with Gasteiger partial charge >= 0.3 is 4.87 Å². The van der Waals surface area contributed by atoms with E-state index in [4.69, 9.17) is 4.74 Å². The zero-order chi connectivity index (χ0) is 28.0. The van der Waals surface area contributed by atoms with Crippen LogP contribution >= 0.6 is 23.1 Å². The summed E-state index contributed by atoms with van der Waals surface area (Å²) in [7, 11) is 1.55. The van der Waals surface area contributed by atoms with Gasteiger partial charge in [-0.05, 0) is 54.1 Å². The standard InChI is InChI=1S/C29H22FN3O5S2/c1-38-20-13-7-16(8-14-20)22-23-24(27(36)33(26(23)35)19-11-9-17(30)10-12-19)39-28-25(22)40-29(37)32(28)15-21(34)31-18-5-3-2-4-6-18/h2-14,22-24H,15H2,1H3,(H,31,34)/t22-,23-,24+/m0/s1. The predicted molar refractivity (Wildman–Crippen MR) is 151 cm³/mol. The number of hydrogen-bond acceptors (Lipinski definition) is 7. The number of para-hydroxylation sites is 1. The minimum absolute atomic E-state index is 0.247. The van der Waals surface area contributed by atoms with Crippen LogP contribution < -0.4 is 19.8 Å². The van der Waals surface area contributed by atoms with Crippen LogP contribution in [0.2, 0.25) is 0 Å². The molecule has 1 saturated heterocycles. The molecule has 202 valence electrons. The van der Waals surface area contributed by atoms with Crippen LogP contribution in [0, 0.1) is 11.7 Å². The van der Waals surface area contributed by atoms with Gasteiger partial charge in [0, 0.05) is 16.5 Å². The van der Waals surface area contributed by atoms with E-state index in [1.165, 1.54) is 28.8 Å². The van der Waals surface area contributed by atoms with Gasteiger partial charge in [-0.3, -0.25) is 23.7 Å². The van der Waals surface area contributed by atoms with E-state index in [0.29, 0.717) is 21.3 Å². The molecule has 3 amide bonds. The van der Waals surface area contributed by atoms with Gasteiger partial charge in [-0.1, -0.05) is 53.4 Å². The lowest BCUT2D eigenvalue weighted by molar-refractivity contribution is -0.122. The number of carbonyl (C=O) groups is 3. The summed E-state index contributed by atoms with van der Waals surface area (Å²) < 4.78 is 20.3. The number of thioether (sulfide) groups is 1. The third-order valence-electron chi connectivity index (χ3n) is 6.97. The maximum atomic E-state index is 13.9. The molecule has 2 aliphatic heterocycles. The first kappa shape index (κ1) is 26.0. The number of imide groups is 1. The van der Waals surface area contributed by atoms with Crippen LogP contribution in [-0.2, 0) is 20.9 Å². The molecule has 0 bridgehead atoms. The summed E-state index contributed by atoms with van der Waals surface area (Å²) in [5.41, 5.74) is 1.62. The zero-order valence-electron chi connectivity index (χ0n) is 21.1. The van der Waals surface area contributed by atoms with E-state index >= 15 is 0 Å². The number of halogens is 1. The Labute approximate surface area is 236 Å². The maximum absolute atomic E-state index is 13.9. The summed E-state index contributed by atoms with van der Waals surface area (Å²) in [6, 6.07) is 21.3. The Bertz CT molecular complexity index is 1670. The number of nitrogens with zero attached hydrogens (tertiary/aromatic N) is 2. The van der Waals surface area contributed by atoms with Crippen molar-refractivity contribution in [2.24, 2.45) is 5.92 Å². The lowest BCUT2D eigenvalue weighted by atomic mass is 9.83. The lowest BCUT2D eigenvalue weighted by Crippen LogP contribution is -2.33. The summed E-state index contributed by atoms with van der Waals surface area (Å²) in [6.07, 6.45) is 0. The molecule has 0 spiro atoms. The fourth-order valence-corrected chi connectivity index (χ4v) is 7.91. The molecule has 40 heavy (non-hydrogen) atoms. The fourth-order valence-electron chi connectivity index (χ4n) is 5.14. The van der Waals surface area contributed by atoms with Crippen molar-refractivity contribution in [3.8, 4) is 5.75 Å². The first-order chi connectivity index (χ1) is 19.4. The molecule has 2 aliphatic rings. The second-order valence-electron chi connectivity index (χ2n) is 9.34. The highest BCUT2D eigenvalue weighted by atomic mass is 32.2. The van der Waals surface area contributed by atoms with Gasteiger partial charge in [0.25, 0.3) is 0 Å². The molecule has 3 heterocycles. The third kappa shape index (κ3) is 4.50. The van der Waals surface area contributed by atoms with E-state index in [1.54, 1.807) is 43.5 Å². The van der Waals surface area contributed by atoms with Crippen molar-refractivity contribution in [1.82, 2.24) is 4.57 Å². The highest BCUT2D eigenvalue weighted by Crippen LogP contribution is 2.54. The van der Waals surface area contributed by atoms with Crippen LogP contribution in [0.4, 0.5) is 15.8 Å². The molecule has 0 aliphatic carbocycles. The quantitative estimate of drug-likeness (QED) is 0.340. The first-order valence-corrected chi connectivity index (χ1v) is 14.1. The van der Waals surface area contributed by atoms with Crippen molar-refractivity contribution >= 4 is 52.2 Å². The second-order valence-corrected chi connectivity index (χ2v) is 11.5. The topological polar surface area (TPSA) is 97.7 Å². The van der Waals surface area contributed by atoms with Crippen molar-refractivity contribution in [2.75, 3.05) is 17.3 Å². The van der Waals surface area contributed by atoms with E-state index in [2.05, 4.69) is 5.32 Å². The number of ether oxygens (including phenoxy) is 1. The summed E-state index contributed by atoms with van der Waals surface area (Å²) in [4.78, 5) is 55.1. The van der Waals surface area contributed by atoms with E-state index < -0.39 is 34.7 Å². The number of rotatable bonds is 6. The maximum Gasteiger partial charge on any atom is 0.308 e. The molecule has 4 aromatic rings. The SMILES string of the molecule is COc1ccc([C@@H]2c3sc(=O)n(CC(=O)Nc4ccccc4)c3S[C@H]3C(=O)N(c4ccc(F)cc4)C(=O)[C@@H]23)cc1. The Morgan fingerprint density at radius 3 is 2.33 bits per heavy atom. The number of nitrogens with one attached hydrogen (secondary N) is 1. The summed E-state index contributed by atoms with van der Waals surface area (Å²) in [5, 5.41) is 2.44. The molecule has 1 N–H and O–H groups in total.